The Kier molecular flexibility index (Phi) is 8.78. The molecule has 3 rings (SSSR count). The summed E-state index contributed by atoms with van der Waals surface area (Å²) < 4.78 is 11.5. The molecule has 0 fully saturated rings. The lowest BCUT2D eigenvalue weighted by molar-refractivity contribution is -0.124. The van der Waals surface area contributed by atoms with Gasteiger partial charge in [-0.05, 0) is 62.6 Å². The Morgan fingerprint density at radius 2 is 1.94 bits per heavy atom. The smallest absolute Gasteiger partial charge is 0.258 e. The van der Waals surface area contributed by atoms with Gasteiger partial charge in [0.1, 0.15) is 30.9 Å². The van der Waals surface area contributed by atoms with E-state index < -0.39 is 18.6 Å². The number of carbonyl (C=O) groups excluding carboxylic acids is 1. The van der Waals surface area contributed by atoms with E-state index >= 15 is 0 Å². The normalized spacial score (nSPS) is 11.9. The van der Waals surface area contributed by atoms with E-state index in [1.54, 1.807) is 0 Å². The van der Waals surface area contributed by atoms with Crippen molar-refractivity contribution < 1.29 is 24.3 Å². The van der Waals surface area contributed by atoms with Crippen LogP contribution in [-0.2, 0) is 11.2 Å². The lowest BCUT2D eigenvalue weighted by atomic mass is 10.0. The number of aliphatic hydroxyl groups excluding tert-OH is 2. The number of aryl methyl sites for hydroxylation is 3. The van der Waals surface area contributed by atoms with Crippen LogP contribution in [0.2, 0.25) is 0 Å². The molecule has 1 aromatic carbocycles. The highest BCUT2D eigenvalue weighted by Crippen LogP contribution is 2.31. The summed E-state index contributed by atoms with van der Waals surface area (Å²) in [6.07, 6.45) is -0.211. The summed E-state index contributed by atoms with van der Waals surface area (Å²) in [5.41, 5.74) is 4.27. The Morgan fingerprint density at radius 1 is 1.17 bits per heavy atom. The Bertz CT molecular complexity index is 1160. The predicted molar refractivity (Wildman–Crippen MR) is 132 cm³/mol. The zero-order valence-corrected chi connectivity index (χ0v) is 20.8. The van der Waals surface area contributed by atoms with Gasteiger partial charge in [-0.2, -0.15) is 4.98 Å². The van der Waals surface area contributed by atoms with E-state index in [4.69, 9.17) is 14.4 Å². The van der Waals surface area contributed by atoms with E-state index in [1.807, 2.05) is 57.0 Å². The molecule has 0 spiro atoms. The number of ether oxygens (including phenoxy) is 1. The fraction of sp³-hybridized carbons (Fsp3) is 0.440. The first-order valence-electron chi connectivity index (χ1n) is 11.6. The van der Waals surface area contributed by atoms with Gasteiger partial charge in [0.15, 0.2) is 0 Å². The molecular weight excluding hydrogens is 450 g/mol. The number of aromatic nitrogens is 3. The Labute approximate surface area is 205 Å². The van der Waals surface area contributed by atoms with E-state index in [9.17, 15) is 9.90 Å². The molecule has 10 nitrogen and oxygen atoms in total. The lowest BCUT2D eigenvalue weighted by Gasteiger charge is -2.17. The maximum atomic E-state index is 11.1. The highest BCUT2D eigenvalue weighted by Gasteiger charge is 2.17. The van der Waals surface area contributed by atoms with E-state index in [0.717, 1.165) is 40.3 Å². The number of hydrogen-bond acceptors (Lipinski definition) is 9. The highest BCUT2D eigenvalue weighted by atomic mass is 16.5. The molecule has 0 aliphatic heterocycles. The third kappa shape index (κ3) is 6.55. The molecule has 2 aromatic heterocycles. The zero-order valence-electron chi connectivity index (χ0n) is 20.8. The van der Waals surface area contributed by atoms with Crippen molar-refractivity contribution in [3.05, 3.63) is 41.1 Å². The molecule has 0 saturated carbocycles. The monoisotopic (exact) mass is 483 g/mol. The maximum Gasteiger partial charge on any atom is 0.258 e. The molecule has 2 heterocycles. The number of benzene rings is 1. The van der Waals surface area contributed by atoms with Crippen LogP contribution in [0.4, 0.5) is 5.82 Å². The van der Waals surface area contributed by atoms with Crippen molar-refractivity contribution in [3.8, 4) is 28.6 Å². The summed E-state index contributed by atoms with van der Waals surface area (Å²) in [5.74, 6) is 1.85. The molecule has 188 valence electrons. The molecule has 0 unspecified atom stereocenters. The van der Waals surface area contributed by atoms with Crippen molar-refractivity contribution in [2.24, 2.45) is 0 Å². The number of amides is 1. The molecule has 0 aliphatic carbocycles. The second-order valence-corrected chi connectivity index (χ2v) is 8.35. The number of hydrogen-bond donors (Lipinski definition) is 3. The molecular formula is C25H33N5O5. The van der Waals surface area contributed by atoms with Gasteiger partial charge in [-0.1, -0.05) is 12.1 Å². The van der Waals surface area contributed by atoms with Crippen LogP contribution in [0.5, 0.6) is 5.75 Å². The van der Waals surface area contributed by atoms with E-state index in [0.29, 0.717) is 23.9 Å². The molecule has 35 heavy (non-hydrogen) atoms. The number of carbonyl (C=O) groups is 1. The van der Waals surface area contributed by atoms with E-state index in [-0.39, 0.29) is 13.2 Å². The van der Waals surface area contributed by atoms with Crippen molar-refractivity contribution in [1.82, 2.24) is 20.4 Å². The first kappa shape index (κ1) is 26.1. The van der Waals surface area contributed by atoms with Crippen molar-refractivity contribution in [2.75, 3.05) is 38.3 Å². The van der Waals surface area contributed by atoms with Crippen LogP contribution in [0.15, 0.2) is 28.8 Å². The van der Waals surface area contributed by atoms with Gasteiger partial charge in [-0.3, -0.25) is 4.79 Å². The predicted octanol–water partition coefficient (Wildman–Crippen LogP) is 2.28. The molecule has 0 radical (unpaired) electrons. The summed E-state index contributed by atoms with van der Waals surface area (Å²) in [5, 5.41) is 25.5. The van der Waals surface area contributed by atoms with Gasteiger partial charge >= 0.3 is 0 Å². The quantitative estimate of drug-likeness (QED) is 0.375. The molecule has 0 saturated heterocycles. The Morgan fingerprint density at radius 3 is 2.63 bits per heavy atom. The van der Waals surface area contributed by atoms with E-state index in [1.165, 1.54) is 0 Å². The lowest BCUT2D eigenvalue weighted by Crippen LogP contribution is -2.36. The number of aliphatic hydroxyl groups is 2. The SMILES string of the molecule is CCc1cc(-c2noc(-c3cc(C)nc(N(C)CC)c3)n2)cc(C)c1OC[C@H](O)CNC(=O)CO. The summed E-state index contributed by atoms with van der Waals surface area (Å²) in [6.45, 7) is 8.12. The summed E-state index contributed by atoms with van der Waals surface area (Å²) in [4.78, 5) is 22.4. The largest absolute Gasteiger partial charge is 0.490 e. The molecule has 0 aliphatic rings. The minimum Gasteiger partial charge on any atom is -0.490 e. The van der Waals surface area contributed by atoms with Crippen molar-refractivity contribution >= 4 is 11.7 Å². The van der Waals surface area contributed by atoms with Gasteiger partial charge in [0, 0.05) is 37.0 Å². The second kappa shape index (κ2) is 11.8. The molecule has 0 bridgehead atoms. The van der Waals surface area contributed by atoms with Crippen molar-refractivity contribution in [1.29, 1.82) is 0 Å². The standard InChI is InChI=1S/C25H33N5O5/c1-6-17-10-18(8-15(3)23(17)34-14-20(32)12-26-22(33)13-31)24-28-25(35-29-24)19-9-16(4)27-21(11-19)30(5)7-2/h8-11,20,31-32H,6-7,12-14H2,1-5H3,(H,26,33)/t20-/m1/s1. The average molecular weight is 484 g/mol. The van der Waals surface area contributed by atoms with Gasteiger partial charge < -0.3 is 29.7 Å². The van der Waals surface area contributed by atoms with Gasteiger partial charge in [0.2, 0.25) is 11.7 Å². The zero-order chi connectivity index (χ0) is 25.5. The first-order chi connectivity index (χ1) is 16.7. The Hall–Kier alpha value is -3.50. The summed E-state index contributed by atoms with van der Waals surface area (Å²) in [6, 6.07) is 7.71. The number of pyridine rings is 1. The molecule has 3 aromatic rings. The van der Waals surface area contributed by atoms with Crippen LogP contribution < -0.4 is 15.0 Å². The summed E-state index contributed by atoms with van der Waals surface area (Å²) >= 11 is 0. The third-order valence-electron chi connectivity index (χ3n) is 5.57. The fourth-order valence-electron chi connectivity index (χ4n) is 3.56. The third-order valence-corrected chi connectivity index (χ3v) is 5.57. The van der Waals surface area contributed by atoms with Gasteiger partial charge in [-0.15, -0.1) is 0 Å². The van der Waals surface area contributed by atoms with Crippen LogP contribution in [0.25, 0.3) is 22.8 Å². The average Bonchev–Trinajstić information content (AvgIpc) is 3.35. The van der Waals surface area contributed by atoms with E-state index in [2.05, 4.69) is 27.4 Å². The minimum absolute atomic E-state index is 0.00118. The maximum absolute atomic E-state index is 11.1. The van der Waals surface area contributed by atoms with Crippen LogP contribution in [0.3, 0.4) is 0 Å². The molecule has 1 amide bonds. The number of nitrogens with one attached hydrogen (secondary N) is 1. The van der Waals surface area contributed by atoms with Crippen LogP contribution >= 0.6 is 0 Å². The topological polar surface area (TPSA) is 134 Å². The van der Waals surface area contributed by atoms with Crippen molar-refractivity contribution in [2.45, 2.75) is 40.2 Å². The first-order valence-corrected chi connectivity index (χ1v) is 11.6. The minimum atomic E-state index is -0.908. The molecule has 1 atom stereocenters. The number of anilines is 1. The van der Waals surface area contributed by atoms with Crippen LogP contribution in [0, 0.1) is 13.8 Å². The second-order valence-electron chi connectivity index (χ2n) is 8.35. The molecule has 3 N–H and O–H groups in total. The number of rotatable bonds is 11. The molecule has 10 heteroatoms. The van der Waals surface area contributed by atoms with Gasteiger partial charge in [-0.25, -0.2) is 4.98 Å². The van der Waals surface area contributed by atoms with Crippen molar-refractivity contribution in [3.63, 3.8) is 0 Å². The highest BCUT2D eigenvalue weighted by molar-refractivity contribution is 5.76. The van der Waals surface area contributed by atoms with Crippen LogP contribution in [-0.4, -0.2) is 70.7 Å². The van der Waals surface area contributed by atoms with Crippen LogP contribution in [0.1, 0.15) is 30.7 Å². The number of nitrogens with zero attached hydrogens (tertiary/aromatic N) is 4. The Balaban J connectivity index is 1.80. The fourth-order valence-corrected chi connectivity index (χ4v) is 3.56. The summed E-state index contributed by atoms with van der Waals surface area (Å²) in [7, 11) is 1.98. The van der Waals surface area contributed by atoms with Gasteiger partial charge in [0.05, 0.1) is 0 Å². The van der Waals surface area contributed by atoms with Gasteiger partial charge in [0.25, 0.3) is 5.89 Å².